The smallest absolute Gasteiger partial charge is 0.321 e. The van der Waals surface area contributed by atoms with Crippen molar-refractivity contribution in [1.29, 1.82) is 0 Å². The van der Waals surface area contributed by atoms with Crippen LogP contribution in [-0.2, 0) is 4.79 Å². The van der Waals surface area contributed by atoms with Crippen LogP contribution < -0.4 is 10.6 Å². The molecule has 0 saturated heterocycles. The number of benzene rings is 1. The molecule has 0 saturated carbocycles. The number of amides is 3. The highest BCUT2D eigenvalue weighted by Crippen LogP contribution is 2.08. The largest absolute Gasteiger partial charge is 0.334 e. The number of allylic oxidation sites excluding steroid dienone is 1. The van der Waals surface area contributed by atoms with E-state index in [2.05, 4.69) is 15.6 Å². The van der Waals surface area contributed by atoms with E-state index in [9.17, 15) is 14.0 Å². The van der Waals surface area contributed by atoms with Gasteiger partial charge in [0.25, 0.3) is 5.91 Å². The number of hydrogen-bond donors (Lipinski definition) is 2. The lowest BCUT2D eigenvalue weighted by Crippen LogP contribution is -2.43. The maximum absolute atomic E-state index is 12.9. The molecule has 1 aliphatic rings. The molecule has 2 rings (SSSR count). The number of urea groups is 1. The van der Waals surface area contributed by atoms with E-state index in [1.54, 1.807) is 31.2 Å². The van der Waals surface area contributed by atoms with Gasteiger partial charge in [0, 0.05) is 6.54 Å². The summed E-state index contributed by atoms with van der Waals surface area (Å²) in [6, 6.07) is 4.57. The molecule has 1 aliphatic heterocycles. The summed E-state index contributed by atoms with van der Waals surface area (Å²) in [5.41, 5.74) is 1.26. The summed E-state index contributed by atoms with van der Waals surface area (Å²) in [6.07, 6.45) is 3.41. The molecule has 0 aliphatic carbocycles. The number of halogens is 1. The fraction of sp³-hybridized carbons (Fsp3) is 0.214. The number of hydrogen-bond acceptors (Lipinski definition) is 3. The first kappa shape index (κ1) is 13.9. The molecular weight excluding hydrogens is 261 g/mol. The minimum atomic E-state index is -0.719. The average Bonchev–Trinajstić information content (AvgIpc) is 2.42. The third-order valence-corrected chi connectivity index (χ3v) is 2.75. The van der Waals surface area contributed by atoms with Crippen molar-refractivity contribution in [2.45, 2.75) is 13.0 Å². The van der Waals surface area contributed by atoms with Gasteiger partial charge in [-0.3, -0.25) is 15.1 Å². The molecule has 20 heavy (non-hydrogen) atoms. The van der Waals surface area contributed by atoms with Crippen molar-refractivity contribution < 1.29 is 14.0 Å². The summed E-state index contributed by atoms with van der Waals surface area (Å²) in [5, 5.41) is 4.70. The van der Waals surface area contributed by atoms with Crippen LogP contribution in [0.3, 0.4) is 0 Å². The van der Waals surface area contributed by atoms with Crippen LogP contribution >= 0.6 is 0 Å². The van der Waals surface area contributed by atoms with Crippen LogP contribution in [0.25, 0.3) is 0 Å². The Balaban J connectivity index is 2.33. The molecule has 104 valence electrons. The predicted molar refractivity (Wildman–Crippen MR) is 73.1 cm³/mol. The van der Waals surface area contributed by atoms with E-state index in [-0.39, 0.29) is 12.4 Å². The summed E-state index contributed by atoms with van der Waals surface area (Å²) in [6.45, 7) is 1.86. The fourth-order valence-corrected chi connectivity index (χ4v) is 1.68. The summed E-state index contributed by atoms with van der Waals surface area (Å²) >= 11 is 0. The molecule has 0 radical (unpaired) electrons. The highest BCUT2D eigenvalue weighted by Gasteiger charge is 2.16. The molecule has 0 aromatic heterocycles. The molecule has 0 spiro atoms. The molecule has 0 bridgehead atoms. The van der Waals surface area contributed by atoms with Crippen LogP contribution in [0.5, 0.6) is 0 Å². The van der Waals surface area contributed by atoms with Gasteiger partial charge in [-0.1, -0.05) is 6.08 Å². The maximum atomic E-state index is 12.9. The van der Waals surface area contributed by atoms with Crippen molar-refractivity contribution in [3.63, 3.8) is 0 Å². The highest BCUT2D eigenvalue weighted by atomic mass is 19.1. The maximum Gasteiger partial charge on any atom is 0.321 e. The van der Waals surface area contributed by atoms with Crippen molar-refractivity contribution >= 4 is 17.6 Å². The van der Waals surface area contributed by atoms with Crippen molar-refractivity contribution in [2.75, 3.05) is 6.54 Å². The van der Waals surface area contributed by atoms with Crippen LogP contribution in [0.4, 0.5) is 9.18 Å². The van der Waals surface area contributed by atoms with Crippen LogP contribution in [0.15, 0.2) is 41.4 Å². The number of carbonyl (C=O) groups excluding carboxylic acids is 2. The summed E-state index contributed by atoms with van der Waals surface area (Å²) < 4.78 is 12.9. The lowest BCUT2D eigenvalue weighted by molar-refractivity contribution is -0.120. The molecule has 2 N–H and O–H groups in total. The van der Waals surface area contributed by atoms with Crippen molar-refractivity contribution in [3.8, 4) is 0 Å². The highest BCUT2D eigenvalue weighted by molar-refractivity contribution is 6.10. The number of aliphatic imine (C=N–C) groups is 1. The molecule has 5 nitrogen and oxygen atoms in total. The van der Waals surface area contributed by atoms with Crippen LogP contribution in [0.1, 0.15) is 12.5 Å². The Morgan fingerprint density at radius 2 is 1.95 bits per heavy atom. The SMILES string of the molecule is CC1N=C(c2ccc(F)cc2)/C=C\CNC(=O)NC1=O. The topological polar surface area (TPSA) is 70.6 Å². The Kier molecular flexibility index (Phi) is 4.24. The standard InChI is InChI=1S/C14H14FN3O2/c1-9-13(19)18-14(20)16-8-2-3-12(17-9)10-4-6-11(15)7-5-10/h2-7,9H,8H2,1H3,(H2,16,18,19,20)/b3-2-,17-12?. The Morgan fingerprint density at radius 1 is 1.25 bits per heavy atom. The monoisotopic (exact) mass is 275 g/mol. The molecule has 1 aromatic carbocycles. The van der Waals surface area contributed by atoms with Gasteiger partial charge in [0.05, 0.1) is 5.71 Å². The van der Waals surface area contributed by atoms with Gasteiger partial charge in [0.2, 0.25) is 0 Å². The first-order chi connectivity index (χ1) is 9.56. The van der Waals surface area contributed by atoms with E-state index >= 15 is 0 Å². The molecule has 1 heterocycles. The summed E-state index contributed by atoms with van der Waals surface area (Å²) in [4.78, 5) is 27.3. The van der Waals surface area contributed by atoms with Gasteiger partial charge >= 0.3 is 6.03 Å². The third-order valence-electron chi connectivity index (χ3n) is 2.75. The normalized spacial score (nSPS) is 21.5. The fourth-order valence-electron chi connectivity index (χ4n) is 1.68. The second kappa shape index (κ2) is 6.10. The first-order valence-electron chi connectivity index (χ1n) is 6.15. The molecule has 3 amide bonds. The lowest BCUT2D eigenvalue weighted by atomic mass is 10.1. The predicted octanol–water partition coefficient (Wildman–Crippen LogP) is 1.40. The van der Waals surface area contributed by atoms with Crippen molar-refractivity contribution in [2.24, 2.45) is 4.99 Å². The number of nitrogens with zero attached hydrogens (tertiary/aromatic N) is 1. The van der Waals surface area contributed by atoms with Crippen LogP contribution in [0, 0.1) is 5.82 Å². The number of imide groups is 1. The van der Waals surface area contributed by atoms with E-state index in [4.69, 9.17) is 0 Å². The third kappa shape index (κ3) is 3.50. The first-order valence-corrected chi connectivity index (χ1v) is 6.15. The second-order valence-corrected chi connectivity index (χ2v) is 4.30. The average molecular weight is 275 g/mol. The number of rotatable bonds is 1. The number of carbonyl (C=O) groups is 2. The van der Waals surface area contributed by atoms with Gasteiger partial charge in [0.1, 0.15) is 11.9 Å². The minimum Gasteiger partial charge on any atom is -0.334 e. The molecule has 0 fully saturated rings. The second-order valence-electron chi connectivity index (χ2n) is 4.30. The van der Waals surface area contributed by atoms with Gasteiger partial charge in [-0.05, 0) is 42.8 Å². The van der Waals surface area contributed by atoms with E-state index in [1.165, 1.54) is 12.1 Å². The molecular formula is C14H14FN3O2. The summed E-state index contributed by atoms with van der Waals surface area (Å²) in [7, 11) is 0. The molecule has 1 unspecified atom stereocenters. The minimum absolute atomic E-state index is 0.272. The Hall–Kier alpha value is -2.50. The van der Waals surface area contributed by atoms with Gasteiger partial charge in [-0.25, -0.2) is 9.18 Å². The van der Waals surface area contributed by atoms with Gasteiger partial charge in [-0.2, -0.15) is 0 Å². The molecule has 6 heteroatoms. The van der Waals surface area contributed by atoms with E-state index in [0.717, 1.165) is 0 Å². The Bertz CT molecular complexity index is 579. The quantitative estimate of drug-likeness (QED) is 0.813. The Labute approximate surface area is 115 Å². The van der Waals surface area contributed by atoms with E-state index in [0.29, 0.717) is 11.3 Å². The Morgan fingerprint density at radius 3 is 2.65 bits per heavy atom. The lowest BCUT2D eigenvalue weighted by Gasteiger charge is -2.12. The van der Waals surface area contributed by atoms with Gasteiger partial charge in [0.15, 0.2) is 0 Å². The number of nitrogens with one attached hydrogen (secondary N) is 2. The van der Waals surface area contributed by atoms with E-state index < -0.39 is 18.0 Å². The van der Waals surface area contributed by atoms with Crippen molar-refractivity contribution in [3.05, 3.63) is 47.8 Å². The zero-order valence-corrected chi connectivity index (χ0v) is 10.9. The van der Waals surface area contributed by atoms with E-state index in [1.807, 2.05) is 0 Å². The van der Waals surface area contributed by atoms with Crippen LogP contribution in [-0.4, -0.2) is 30.2 Å². The van der Waals surface area contributed by atoms with Crippen molar-refractivity contribution in [1.82, 2.24) is 10.6 Å². The van der Waals surface area contributed by atoms with Gasteiger partial charge in [-0.15, -0.1) is 0 Å². The van der Waals surface area contributed by atoms with Gasteiger partial charge < -0.3 is 5.32 Å². The van der Waals surface area contributed by atoms with Crippen LogP contribution in [0.2, 0.25) is 0 Å². The molecule has 1 aromatic rings. The summed E-state index contributed by atoms with van der Waals surface area (Å²) in [5.74, 6) is -0.825. The zero-order valence-electron chi connectivity index (χ0n) is 10.9. The zero-order chi connectivity index (χ0) is 14.5. The molecule has 1 atom stereocenters.